The number of rotatable bonds is 11. The van der Waals surface area contributed by atoms with Crippen molar-refractivity contribution in [2.75, 3.05) is 26.6 Å². The van der Waals surface area contributed by atoms with E-state index >= 15 is 0 Å². The van der Waals surface area contributed by atoms with Crippen LogP contribution >= 0.6 is 0 Å². The van der Waals surface area contributed by atoms with Gasteiger partial charge < -0.3 is 18.9 Å². The van der Waals surface area contributed by atoms with Gasteiger partial charge in [0.2, 0.25) is 0 Å². The van der Waals surface area contributed by atoms with Gasteiger partial charge in [0.05, 0.1) is 0 Å². The lowest BCUT2D eigenvalue weighted by molar-refractivity contribution is -0.167. The standard InChI is InChI=1S/C17H21F2NO5/c1-3-7-22-11-25-16(17(21)23-8-6-20)14-5-4-13(9-15(14)19)24-10-12(2)18/h4-5,9,12,16H,3,7-8,10-11H2,1-2H3. The summed E-state index contributed by atoms with van der Waals surface area (Å²) in [5, 5.41) is 8.49. The van der Waals surface area contributed by atoms with Gasteiger partial charge in [-0.05, 0) is 25.5 Å². The van der Waals surface area contributed by atoms with Crippen molar-refractivity contribution in [3.8, 4) is 11.8 Å². The lowest BCUT2D eigenvalue weighted by atomic mass is 10.1. The highest BCUT2D eigenvalue weighted by Gasteiger charge is 2.26. The van der Waals surface area contributed by atoms with E-state index in [1.54, 1.807) is 6.07 Å². The first-order chi connectivity index (χ1) is 12.0. The Kier molecular flexibility index (Phi) is 9.43. The highest BCUT2D eigenvalue weighted by atomic mass is 19.1. The maximum atomic E-state index is 14.3. The van der Waals surface area contributed by atoms with Gasteiger partial charge in [-0.1, -0.05) is 6.92 Å². The van der Waals surface area contributed by atoms with Crippen LogP contribution in [0.15, 0.2) is 18.2 Å². The summed E-state index contributed by atoms with van der Waals surface area (Å²) in [6, 6.07) is 5.35. The normalized spacial score (nSPS) is 12.9. The Hall–Kier alpha value is -2.24. The van der Waals surface area contributed by atoms with E-state index in [0.29, 0.717) is 6.61 Å². The lowest BCUT2D eigenvalue weighted by Gasteiger charge is -2.18. The van der Waals surface area contributed by atoms with Gasteiger partial charge >= 0.3 is 5.97 Å². The first-order valence-corrected chi connectivity index (χ1v) is 7.78. The maximum absolute atomic E-state index is 14.3. The van der Waals surface area contributed by atoms with Gasteiger partial charge in [0.25, 0.3) is 0 Å². The average molecular weight is 357 g/mol. The fourth-order valence-corrected chi connectivity index (χ4v) is 1.80. The highest BCUT2D eigenvalue weighted by molar-refractivity contribution is 5.76. The van der Waals surface area contributed by atoms with Gasteiger partial charge in [-0.2, -0.15) is 5.26 Å². The number of benzene rings is 1. The molecule has 2 atom stereocenters. The second-order valence-corrected chi connectivity index (χ2v) is 5.11. The minimum Gasteiger partial charge on any atom is -0.490 e. The topological polar surface area (TPSA) is 77.8 Å². The first kappa shape index (κ1) is 20.8. The second-order valence-electron chi connectivity index (χ2n) is 5.11. The molecule has 0 aromatic heterocycles. The van der Waals surface area contributed by atoms with E-state index in [4.69, 9.17) is 24.2 Å². The minimum atomic E-state index is -1.39. The average Bonchev–Trinajstić information content (AvgIpc) is 2.58. The lowest BCUT2D eigenvalue weighted by Crippen LogP contribution is -2.22. The van der Waals surface area contributed by atoms with Gasteiger partial charge in [0.15, 0.2) is 12.7 Å². The molecule has 1 aromatic carbocycles. The van der Waals surface area contributed by atoms with Crippen LogP contribution in [0.4, 0.5) is 8.78 Å². The van der Waals surface area contributed by atoms with E-state index in [1.807, 2.05) is 6.92 Å². The van der Waals surface area contributed by atoms with Crippen molar-refractivity contribution in [3.05, 3.63) is 29.6 Å². The highest BCUT2D eigenvalue weighted by Crippen LogP contribution is 2.26. The molecule has 0 bridgehead atoms. The van der Waals surface area contributed by atoms with Crippen LogP contribution in [0, 0.1) is 17.1 Å². The van der Waals surface area contributed by atoms with Crippen LogP contribution in [0.5, 0.6) is 5.75 Å². The quantitative estimate of drug-likeness (QED) is 0.344. The van der Waals surface area contributed by atoms with E-state index in [0.717, 1.165) is 12.5 Å². The molecule has 0 aliphatic heterocycles. The molecule has 0 saturated heterocycles. The number of carbonyl (C=O) groups is 1. The molecule has 0 amide bonds. The summed E-state index contributed by atoms with van der Waals surface area (Å²) in [7, 11) is 0. The third-order valence-corrected chi connectivity index (χ3v) is 2.89. The van der Waals surface area contributed by atoms with E-state index in [9.17, 15) is 13.6 Å². The molecule has 0 fully saturated rings. The predicted molar refractivity (Wildman–Crippen MR) is 84.0 cm³/mol. The van der Waals surface area contributed by atoms with Gasteiger partial charge in [-0.15, -0.1) is 0 Å². The number of halogens is 2. The molecule has 0 saturated carbocycles. The van der Waals surface area contributed by atoms with E-state index in [2.05, 4.69) is 0 Å². The van der Waals surface area contributed by atoms with Crippen molar-refractivity contribution >= 4 is 5.97 Å². The van der Waals surface area contributed by atoms with Crippen LogP contribution in [0.3, 0.4) is 0 Å². The molecular formula is C17H21F2NO5. The Morgan fingerprint density at radius 2 is 2.16 bits per heavy atom. The summed E-state index contributed by atoms with van der Waals surface area (Å²) in [6.45, 7) is 2.69. The summed E-state index contributed by atoms with van der Waals surface area (Å²) < 4.78 is 47.3. The van der Waals surface area contributed by atoms with Gasteiger partial charge in [0.1, 0.15) is 37.2 Å². The first-order valence-electron chi connectivity index (χ1n) is 7.78. The van der Waals surface area contributed by atoms with Crippen molar-refractivity contribution in [1.82, 2.24) is 0 Å². The molecule has 6 nitrogen and oxygen atoms in total. The molecule has 138 valence electrons. The van der Waals surface area contributed by atoms with Crippen LogP contribution in [0.2, 0.25) is 0 Å². The number of carbonyl (C=O) groups excluding carboxylic acids is 1. The van der Waals surface area contributed by atoms with Crippen molar-refractivity contribution in [2.45, 2.75) is 32.5 Å². The van der Waals surface area contributed by atoms with E-state index < -0.39 is 30.7 Å². The predicted octanol–water partition coefficient (Wildman–Crippen LogP) is 3.07. The van der Waals surface area contributed by atoms with Crippen LogP contribution in [-0.4, -0.2) is 38.8 Å². The van der Waals surface area contributed by atoms with E-state index in [1.165, 1.54) is 19.1 Å². The van der Waals surface area contributed by atoms with Gasteiger partial charge in [-0.3, -0.25) is 0 Å². The van der Waals surface area contributed by atoms with Gasteiger partial charge in [-0.25, -0.2) is 13.6 Å². The Balaban J connectivity index is 2.88. The molecule has 25 heavy (non-hydrogen) atoms. The molecule has 1 rings (SSSR count). The summed E-state index contributed by atoms with van der Waals surface area (Å²) in [5.41, 5.74) is -0.0938. The molecule has 2 unspecified atom stereocenters. The van der Waals surface area contributed by atoms with Gasteiger partial charge in [0, 0.05) is 18.2 Å². The number of esters is 1. The van der Waals surface area contributed by atoms with Crippen LogP contribution in [0.1, 0.15) is 31.9 Å². The van der Waals surface area contributed by atoms with E-state index in [-0.39, 0.29) is 24.7 Å². The number of ether oxygens (including phenoxy) is 4. The monoisotopic (exact) mass is 357 g/mol. The minimum absolute atomic E-state index is 0.0938. The zero-order valence-corrected chi connectivity index (χ0v) is 14.2. The molecular weight excluding hydrogens is 336 g/mol. The molecule has 0 aliphatic rings. The summed E-state index contributed by atoms with van der Waals surface area (Å²) in [5.74, 6) is -1.57. The van der Waals surface area contributed by atoms with Crippen LogP contribution < -0.4 is 4.74 Å². The molecule has 1 aromatic rings. The fourth-order valence-electron chi connectivity index (χ4n) is 1.80. The SMILES string of the molecule is CCCOCOC(C(=O)OCC#N)c1ccc(OCC(C)F)cc1F. The largest absolute Gasteiger partial charge is 0.490 e. The zero-order valence-electron chi connectivity index (χ0n) is 14.2. The van der Waals surface area contributed by atoms with Crippen molar-refractivity contribution in [3.63, 3.8) is 0 Å². The summed E-state index contributed by atoms with van der Waals surface area (Å²) in [6.07, 6.45) is -1.84. The number of nitrogens with zero attached hydrogens (tertiary/aromatic N) is 1. The number of alkyl halides is 1. The Morgan fingerprint density at radius 3 is 2.76 bits per heavy atom. The molecule has 0 N–H and O–H groups in total. The smallest absolute Gasteiger partial charge is 0.341 e. The molecule has 8 heteroatoms. The summed E-state index contributed by atoms with van der Waals surface area (Å²) in [4.78, 5) is 12.0. The zero-order chi connectivity index (χ0) is 18.7. The van der Waals surface area contributed by atoms with Crippen LogP contribution in [0.25, 0.3) is 0 Å². The second kappa shape index (κ2) is 11.3. The van der Waals surface area contributed by atoms with Crippen molar-refractivity contribution in [1.29, 1.82) is 5.26 Å². The van der Waals surface area contributed by atoms with Crippen molar-refractivity contribution < 1.29 is 32.5 Å². The number of hydrogen-bond donors (Lipinski definition) is 0. The van der Waals surface area contributed by atoms with Crippen molar-refractivity contribution in [2.24, 2.45) is 0 Å². The Bertz CT molecular complexity index is 589. The molecule has 0 heterocycles. The third kappa shape index (κ3) is 7.45. The maximum Gasteiger partial charge on any atom is 0.341 e. The molecule has 0 aliphatic carbocycles. The number of hydrogen-bond acceptors (Lipinski definition) is 6. The fraction of sp³-hybridized carbons (Fsp3) is 0.529. The Labute approximate surface area is 145 Å². The van der Waals surface area contributed by atoms with Crippen LogP contribution in [-0.2, 0) is 19.0 Å². The molecule has 0 spiro atoms. The molecule has 0 radical (unpaired) electrons. The number of nitriles is 1. The Morgan fingerprint density at radius 1 is 1.40 bits per heavy atom. The third-order valence-electron chi connectivity index (χ3n) is 2.89. The summed E-state index contributed by atoms with van der Waals surface area (Å²) >= 11 is 0.